The van der Waals surface area contributed by atoms with Crippen LogP contribution in [0.1, 0.15) is 17.8 Å². The van der Waals surface area contributed by atoms with Gasteiger partial charge in [0.1, 0.15) is 7.11 Å². The minimum absolute atomic E-state index is 0.477. The van der Waals surface area contributed by atoms with Gasteiger partial charge in [-0.25, -0.2) is 0 Å². The number of halogens is 2. The first-order valence-electron chi connectivity index (χ1n) is 5.88. The van der Waals surface area contributed by atoms with Gasteiger partial charge in [-0.15, -0.1) is 10.2 Å². The molecule has 2 aromatic rings. The molecule has 0 atom stereocenters. The normalized spacial score (nSPS) is 11.7. The predicted octanol–water partition coefficient (Wildman–Crippen LogP) is 2.50. The van der Waals surface area contributed by atoms with Gasteiger partial charge in [0.15, 0.2) is 5.82 Å². The van der Waals surface area contributed by atoms with Gasteiger partial charge >= 0.3 is 0 Å². The molecule has 0 radical (unpaired) electrons. The summed E-state index contributed by atoms with van der Waals surface area (Å²) in [5.74, 6) is 0.649. The molecular weight excluding hydrogens is 301 g/mol. The van der Waals surface area contributed by atoms with Gasteiger partial charge in [0, 0.05) is 18.4 Å². The lowest BCUT2D eigenvalue weighted by Crippen LogP contribution is -2.05. The molecular formula is C12H13Cl2N5O. The Balaban J connectivity index is 2.14. The number of rotatable bonds is 5. The van der Waals surface area contributed by atoms with Gasteiger partial charge < -0.3 is 4.84 Å². The van der Waals surface area contributed by atoms with Crippen LogP contribution in [0.2, 0.25) is 10.0 Å². The second-order valence-corrected chi connectivity index (χ2v) is 4.86. The van der Waals surface area contributed by atoms with E-state index in [4.69, 9.17) is 28.0 Å². The zero-order valence-corrected chi connectivity index (χ0v) is 12.6. The Labute approximate surface area is 126 Å². The molecule has 1 aromatic heterocycles. The maximum atomic E-state index is 6.01. The number of oxime groups is 1. The summed E-state index contributed by atoms with van der Waals surface area (Å²) >= 11 is 11.9. The topological polar surface area (TPSA) is 65.2 Å². The number of hydrogen-bond donors (Lipinski definition) is 0. The van der Waals surface area contributed by atoms with Crippen molar-refractivity contribution in [3.8, 4) is 0 Å². The van der Waals surface area contributed by atoms with E-state index in [0.717, 1.165) is 11.3 Å². The number of aromatic nitrogens is 4. The molecule has 0 saturated heterocycles. The molecule has 0 spiro atoms. The third-order valence-corrected chi connectivity index (χ3v) is 3.33. The standard InChI is InChI=1S/C12H13Cl2N5O/c1-19-16-12(15-18-19)6-5-11(17-20-2)8-3-4-9(13)10(14)7-8/h3-4,7H,5-6H2,1-2H3/b17-11-. The van der Waals surface area contributed by atoms with Gasteiger partial charge in [0.05, 0.1) is 22.8 Å². The van der Waals surface area contributed by atoms with Crippen LogP contribution in [0, 0.1) is 0 Å². The van der Waals surface area contributed by atoms with Crippen LogP contribution in [0.3, 0.4) is 0 Å². The molecule has 1 heterocycles. The molecule has 2 rings (SSSR count). The molecule has 0 aliphatic carbocycles. The van der Waals surface area contributed by atoms with Crippen molar-refractivity contribution < 1.29 is 4.84 Å². The highest BCUT2D eigenvalue weighted by Crippen LogP contribution is 2.23. The van der Waals surface area contributed by atoms with Gasteiger partial charge in [-0.3, -0.25) is 0 Å². The molecule has 8 heteroatoms. The summed E-state index contributed by atoms with van der Waals surface area (Å²) in [5, 5.41) is 16.8. The lowest BCUT2D eigenvalue weighted by Gasteiger charge is -2.06. The first-order valence-corrected chi connectivity index (χ1v) is 6.64. The van der Waals surface area contributed by atoms with Crippen molar-refractivity contribution in [2.75, 3.05) is 7.11 Å². The predicted molar refractivity (Wildman–Crippen MR) is 77.1 cm³/mol. The smallest absolute Gasteiger partial charge is 0.175 e. The molecule has 6 nitrogen and oxygen atoms in total. The van der Waals surface area contributed by atoms with Gasteiger partial charge in [0.25, 0.3) is 0 Å². The van der Waals surface area contributed by atoms with Crippen molar-refractivity contribution in [3.63, 3.8) is 0 Å². The molecule has 0 N–H and O–H groups in total. The third kappa shape index (κ3) is 3.68. The van der Waals surface area contributed by atoms with Crippen molar-refractivity contribution in [2.45, 2.75) is 12.8 Å². The second-order valence-electron chi connectivity index (χ2n) is 4.04. The monoisotopic (exact) mass is 313 g/mol. The molecule has 0 amide bonds. The average Bonchev–Trinajstić information content (AvgIpc) is 2.84. The van der Waals surface area contributed by atoms with Crippen molar-refractivity contribution >= 4 is 28.9 Å². The molecule has 0 aliphatic rings. The molecule has 20 heavy (non-hydrogen) atoms. The van der Waals surface area contributed by atoms with Crippen LogP contribution in [0.5, 0.6) is 0 Å². The Kier molecular flexibility index (Phi) is 4.92. The minimum atomic E-state index is 0.477. The first-order chi connectivity index (χ1) is 9.60. The number of nitrogens with zero attached hydrogens (tertiary/aromatic N) is 5. The van der Waals surface area contributed by atoms with Crippen molar-refractivity contribution in [2.24, 2.45) is 12.2 Å². The summed E-state index contributed by atoms with van der Waals surface area (Å²) in [4.78, 5) is 6.29. The zero-order chi connectivity index (χ0) is 14.5. The van der Waals surface area contributed by atoms with Crippen LogP contribution in [0.15, 0.2) is 23.4 Å². The highest BCUT2D eigenvalue weighted by molar-refractivity contribution is 6.42. The molecule has 106 valence electrons. The van der Waals surface area contributed by atoms with Crippen LogP contribution in [-0.4, -0.2) is 33.0 Å². The lowest BCUT2D eigenvalue weighted by atomic mass is 10.1. The van der Waals surface area contributed by atoms with Gasteiger partial charge in [-0.1, -0.05) is 34.4 Å². The molecule has 0 saturated carbocycles. The second kappa shape index (κ2) is 6.67. The fraction of sp³-hybridized carbons (Fsp3) is 0.333. The quantitative estimate of drug-likeness (QED) is 0.628. The van der Waals surface area contributed by atoms with Gasteiger partial charge in [0.2, 0.25) is 0 Å². The summed E-state index contributed by atoms with van der Waals surface area (Å²) < 4.78 is 0. The summed E-state index contributed by atoms with van der Waals surface area (Å²) in [5.41, 5.74) is 1.60. The molecule has 0 unspecified atom stereocenters. The van der Waals surface area contributed by atoms with E-state index >= 15 is 0 Å². The Morgan fingerprint density at radius 2 is 2.15 bits per heavy atom. The van der Waals surface area contributed by atoms with Crippen LogP contribution >= 0.6 is 23.2 Å². The summed E-state index contributed by atoms with van der Waals surface area (Å²) in [6, 6.07) is 5.33. The number of aryl methyl sites for hydroxylation is 2. The van der Waals surface area contributed by atoms with Crippen LogP contribution < -0.4 is 0 Å². The van der Waals surface area contributed by atoms with Crippen LogP contribution in [0.4, 0.5) is 0 Å². The molecule has 1 aromatic carbocycles. The Morgan fingerprint density at radius 1 is 1.35 bits per heavy atom. The fourth-order valence-electron chi connectivity index (χ4n) is 1.68. The number of benzene rings is 1. The highest BCUT2D eigenvalue weighted by atomic mass is 35.5. The Bertz CT molecular complexity index is 626. The average molecular weight is 314 g/mol. The summed E-state index contributed by atoms with van der Waals surface area (Å²) in [6.45, 7) is 0. The van der Waals surface area contributed by atoms with Gasteiger partial charge in [-0.2, -0.15) is 4.80 Å². The number of hydrogen-bond acceptors (Lipinski definition) is 5. The SMILES string of the molecule is CO/N=C(/CCc1nnn(C)n1)c1ccc(Cl)c(Cl)c1. The minimum Gasteiger partial charge on any atom is -0.399 e. The van der Waals surface area contributed by atoms with E-state index in [-0.39, 0.29) is 0 Å². The van der Waals surface area contributed by atoms with Crippen LogP contribution in [-0.2, 0) is 18.3 Å². The third-order valence-electron chi connectivity index (χ3n) is 2.59. The maximum Gasteiger partial charge on any atom is 0.175 e. The van der Waals surface area contributed by atoms with Crippen molar-refractivity contribution in [3.05, 3.63) is 39.6 Å². The first kappa shape index (κ1) is 14.7. The lowest BCUT2D eigenvalue weighted by molar-refractivity contribution is 0.213. The zero-order valence-electron chi connectivity index (χ0n) is 11.0. The van der Waals surface area contributed by atoms with Crippen LogP contribution in [0.25, 0.3) is 0 Å². The molecule has 0 aliphatic heterocycles. The largest absolute Gasteiger partial charge is 0.399 e. The van der Waals surface area contributed by atoms with Crippen molar-refractivity contribution in [1.29, 1.82) is 0 Å². The van der Waals surface area contributed by atoms with E-state index in [1.54, 1.807) is 19.2 Å². The van der Waals surface area contributed by atoms with Crippen molar-refractivity contribution in [1.82, 2.24) is 20.2 Å². The van der Waals surface area contributed by atoms with E-state index in [2.05, 4.69) is 20.6 Å². The summed E-state index contributed by atoms with van der Waals surface area (Å²) in [7, 11) is 3.22. The summed E-state index contributed by atoms with van der Waals surface area (Å²) in [6.07, 6.45) is 1.22. The van der Waals surface area contributed by atoms with E-state index in [1.165, 1.54) is 11.9 Å². The highest BCUT2D eigenvalue weighted by Gasteiger charge is 2.10. The van der Waals surface area contributed by atoms with E-state index in [9.17, 15) is 0 Å². The Morgan fingerprint density at radius 3 is 2.75 bits per heavy atom. The molecule has 0 bridgehead atoms. The number of tetrazole rings is 1. The maximum absolute atomic E-state index is 6.01. The van der Waals surface area contributed by atoms with E-state index in [0.29, 0.717) is 28.7 Å². The fourth-order valence-corrected chi connectivity index (χ4v) is 1.98. The van der Waals surface area contributed by atoms with E-state index in [1.807, 2.05) is 6.07 Å². The molecule has 0 fully saturated rings. The van der Waals surface area contributed by atoms with Gasteiger partial charge in [-0.05, 0) is 17.3 Å². The Hall–Kier alpha value is -1.66. The van der Waals surface area contributed by atoms with E-state index < -0.39 is 0 Å².